The first kappa shape index (κ1) is 13.3. The van der Waals surface area contributed by atoms with Gasteiger partial charge in [0, 0.05) is 18.1 Å². The van der Waals surface area contributed by atoms with Crippen LogP contribution in [0.2, 0.25) is 0 Å². The van der Waals surface area contributed by atoms with Crippen LogP contribution in [0.15, 0.2) is 53.6 Å². The summed E-state index contributed by atoms with van der Waals surface area (Å²) in [6.07, 6.45) is 3.46. The van der Waals surface area contributed by atoms with Crippen LogP contribution in [0.25, 0.3) is 10.8 Å². The summed E-state index contributed by atoms with van der Waals surface area (Å²) in [5, 5.41) is 8.95. The SMILES string of the molecule is CCNc1cc(Cn2ncc3ccccc3c2=O)ccn1. The van der Waals surface area contributed by atoms with Crippen LogP contribution >= 0.6 is 0 Å². The van der Waals surface area contributed by atoms with Gasteiger partial charge in [0.2, 0.25) is 0 Å². The monoisotopic (exact) mass is 280 g/mol. The molecule has 0 aliphatic rings. The van der Waals surface area contributed by atoms with Crippen molar-refractivity contribution in [2.75, 3.05) is 11.9 Å². The Bertz CT molecular complexity index is 826. The lowest BCUT2D eigenvalue weighted by atomic mass is 10.2. The van der Waals surface area contributed by atoms with Crippen molar-refractivity contribution in [2.24, 2.45) is 0 Å². The maximum atomic E-state index is 12.4. The van der Waals surface area contributed by atoms with Crippen molar-refractivity contribution in [1.82, 2.24) is 14.8 Å². The normalized spacial score (nSPS) is 10.7. The number of hydrogen-bond donors (Lipinski definition) is 1. The quantitative estimate of drug-likeness (QED) is 0.796. The van der Waals surface area contributed by atoms with Gasteiger partial charge in [-0.15, -0.1) is 0 Å². The fourth-order valence-corrected chi connectivity index (χ4v) is 2.26. The predicted octanol–water partition coefficient (Wildman–Crippen LogP) is 2.27. The maximum absolute atomic E-state index is 12.4. The summed E-state index contributed by atoms with van der Waals surface area (Å²) in [5.41, 5.74) is 0.917. The molecular formula is C16H16N4O. The summed E-state index contributed by atoms with van der Waals surface area (Å²) < 4.78 is 1.48. The van der Waals surface area contributed by atoms with Crippen LogP contribution in [0.3, 0.4) is 0 Å². The number of benzene rings is 1. The first-order valence-electron chi connectivity index (χ1n) is 6.91. The van der Waals surface area contributed by atoms with E-state index in [1.165, 1.54) is 4.68 Å². The molecule has 3 aromatic rings. The Hall–Kier alpha value is -2.69. The highest BCUT2D eigenvalue weighted by Gasteiger charge is 2.05. The summed E-state index contributed by atoms with van der Waals surface area (Å²) in [5.74, 6) is 0.809. The number of hydrogen-bond acceptors (Lipinski definition) is 4. The molecule has 3 rings (SSSR count). The molecule has 2 heterocycles. The second-order valence-corrected chi connectivity index (χ2v) is 4.77. The molecule has 0 spiro atoms. The third-order valence-electron chi connectivity index (χ3n) is 3.28. The number of pyridine rings is 1. The van der Waals surface area contributed by atoms with Crippen molar-refractivity contribution in [3.63, 3.8) is 0 Å². The van der Waals surface area contributed by atoms with Gasteiger partial charge in [0.25, 0.3) is 5.56 Å². The second-order valence-electron chi connectivity index (χ2n) is 4.77. The molecule has 0 fully saturated rings. The van der Waals surface area contributed by atoms with Gasteiger partial charge in [0.05, 0.1) is 18.1 Å². The first-order valence-corrected chi connectivity index (χ1v) is 6.91. The van der Waals surface area contributed by atoms with E-state index in [1.807, 2.05) is 43.3 Å². The van der Waals surface area contributed by atoms with Crippen LogP contribution in [0.1, 0.15) is 12.5 Å². The highest BCUT2D eigenvalue weighted by atomic mass is 16.1. The summed E-state index contributed by atoms with van der Waals surface area (Å²) in [4.78, 5) is 16.6. The minimum absolute atomic E-state index is 0.0742. The summed E-state index contributed by atoms with van der Waals surface area (Å²) in [6.45, 7) is 3.26. The zero-order valence-electron chi connectivity index (χ0n) is 11.8. The predicted molar refractivity (Wildman–Crippen MR) is 83.5 cm³/mol. The van der Waals surface area contributed by atoms with E-state index in [2.05, 4.69) is 15.4 Å². The maximum Gasteiger partial charge on any atom is 0.274 e. The van der Waals surface area contributed by atoms with Gasteiger partial charge in [-0.1, -0.05) is 18.2 Å². The van der Waals surface area contributed by atoms with Crippen LogP contribution in [0, 0.1) is 0 Å². The van der Waals surface area contributed by atoms with E-state index in [0.717, 1.165) is 23.3 Å². The Morgan fingerprint density at radius 2 is 2.10 bits per heavy atom. The van der Waals surface area contributed by atoms with E-state index in [0.29, 0.717) is 11.9 Å². The van der Waals surface area contributed by atoms with Crippen LogP contribution in [0.4, 0.5) is 5.82 Å². The number of nitrogens with one attached hydrogen (secondary N) is 1. The minimum atomic E-state index is -0.0742. The molecule has 0 bridgehead atoms. The van der Waals surface area contributed by atoms with Crippen molar-refractivity contribution in [3.05, 3.63) is 64.7 Å². The molecule has 1 aromatic carbocycles. The second kappa shape index (κ2) is 5.75. The highest BCUT2D eigenvalue weighted by molar-refractivity contribution is 5.80. The molecule has 0 radical (unpaired) electrons. The zero-order valence-corrected chi connectivity index (χ0v) is 11.8. The molecule has 5 heteroatoms. The lowest BCUT2D eigenvalue weighted by Gasteiger charge is -2.08. The van der Waals surface area contributed by atoms with Crippen LogP contribution in [-0.2, 0) is 6.54 Å². The van der Waals surface area contributed by atoms with Gasteiger partial charge in [0.1, 0.15) is 5.82 Å². The summed E-state index contributed by atoms with van der Waals surface area (Å²) in [6, 6.07) is 11.3. The van der Waals surface area contributed by atoms with Crippen molar-refractivity contribution in [1.29, 1.82) is 0 Å². The smallest absolute Gasteiger partial charge is 0.274 e. The fraction of sp³-hybridized carbons (Fsp3) is 0.188. The van der Waals surface area contributed by atoms with Crippen molar-refractivity contribution in [2.45, 2.75) is 13.5 Å². The molecule has 0 aliphatic carbocycles. The van der Waals surface area contributed by atoms with Gasteiger partial charge >= 0.3 is 0 Å². The number of anilines is 1. The van der Waals surface area contributed by atoms with E-state index < -0.39 is 0 Å². The highest BCUT2D eigenvalue weighted by Crippen LogP contribution is 2.09. The molecule has 0 saturated carbocycles. The largest absolute Gasteiger partial charge is 0.370 e. The summed E-state index contributed by atoms with van der Waals surface area (Å²) >= 11 is 0. The van der Waals surface area contributed by atoms with Gasteiger partial charge in [-0.3, -0.25) is 4.79 Å². The van der Waals surface area contributed by atoms with Gasteiger partial charge in [-0.2, -0.15) is 5.10 Å². The average molecular weight is 280 g/mol. The Labute approximate surface area is 122 Å². The van der Waals surface area contributed by atoms with Crippen molar-refractivity contribution < 1.29 is 0 Å². The molecule has 1 N–H and O–H groups in total. The molecule has 0 atom stereocenters. The number of rotatable bonds is 4. The molecule has 21 heavy (non-hydrogen) atoms. The molecule has 0 amide bonds. The zero-order chi connectivity index (χ0) is 14.7. The number of nitrogens with zero attached hydrogens (tertiary/aromatic N) is 3. The van der Waals surface area contributed by atoms with Crippen LogP contribution < -0.4 is 10.9 Å². The Balaban J connectivity index is 1.96. The average Bonchev–Trinajstić information content (AvgIpc) is 2.51. The van der Waals surface area contributed by atoms with Gasteiger partial charge < -0.3 is 5.32 Å². The lowest BCUT2D eigenvalue weighted by molar-refractivity contribution is 0.647. The van der Waals surface area contributed by atoms with E-state index >= 15 is 0 Å². The first-order chi connectivity index (χ1) is 10.3. The van der Waals surface area contributed by atoms with Crippen molar-refractivity contribution in [3.8, 4) is 0 Å². The molecule has 0 aliphatic heterocycles. The topological polar surface area (TPSA) is 59.8 Å². The van der Waals surface area contributed by atoms with Crippen LogP contribution in [0.5, 0.6) is 0 Å². The third-order valence-corrected chi connectivity index (χ3v) is 3.28. The number of aromatic nitrogens is 3. The van der Waals surface area contributed by atoms with Crippen LogP contribution in [-0.4, -0.2) is 21.3 Å². The molecular weight excluding hydrogens is 264 g/mol. The van der Waals surface area contributed by atoms with Gasteiger partial charge in [0.15, 0.2) is 0 Å². The molecule has 0 unspecified atom stereocenters. The minimum Gasteiger partial charge on any atom is -0.370 e. The standard InChI is InChI=1S/C16H16N4O/c1-2-17-15-9-12(7-8-18-15)11-20-16(21)14-6-4-3-5-13(14)10-19-20/h3-10H,2,11H2,1H3,(H,17,18). The molecule has 106 valence electrons. The Morgan fingerprint density at radius 3 is 2.95 bits per heavy atom. The van der Waals surface area contributed by atoms with Gasteiger partial charge in [-0.05, 0) is 30.7 Å². The number of fused-ring (bicyclic) bond motifs is 1. The fourth-order valence-electron chi connectivity index (χ4n) is 2.26. The van der Waals surface area contributed by atoms with Gasteiger partial charge in [-0.25, -0.2) is 9.67 Å². The third kappa shape index (κ3) is 2.76. The molecule has 2 aromatic heterocycles. The lowest BCUT2D eigenvalue weighted by Crippen LogP contribution is -2.23. The summed E-state index contributed by atoms with van der Waals surface area (Å²) in [7, 11) is 0. The molecule has 0 saturated heterocycles. The van der Waals surface area contributed by atoms with E-state index in [9.17, 15) is 4.79 Å². The Kier molecular flexibility index (Phi) is 3.64. The van der Waals surface area contributed by atoms with E-state index in [1.54, 1.807) is 12.4 Å². The molecule has 5 nitrogen and oxygen atoms in total. The Morgan fingerprint density at radius 1 is 1.24 bits per heavy atom. The van der Waals surface area contributed by atoms with E-state index in [4.69, 9.17) is 0 Å². The van der Waals surface area contributed by atoms with Crippen molar-refractivity contribution >= 4 is 16.6 Å². The van der Waals surface area contributed by atoms with E-state index in [-0.39, 0.29) is 5.56 Å².